The quantitative estimate of drug-likeness (QED) is 0.719. The molecule has 0 bridgehead atoms. The lowest BCUT2D eigenvalue weighted by molar-refractivity contribution is 0.439. The minimum Gasteiger partial charge on any atom is -0.408 e. The first-order valence-electron chi connectivity index (χ1n) is 6.13. The normalized spacial score (nSPS) is 11.5. The summed E-state index contributed by atoms with van der Waals surface area (Å²) in [5, 5.41) is 7.42. The van der Waals surface area contributed by atoms with Crippen LogP contribution in [-0.2, 0) is 15.6 Å². The number of benzene rings is 1. The monoisotopic (exact) mass is 336 g/mol. The fraction of sp³-hybridized carbons (Fsp3) is 0.0769. The first-order valence-corrected chi connectivity index (χ1v) is 8.16. The van der Waals surface area contributed by atoms with E-state index < -0.39 is 20.8 Å². The SMILES string of the molecule is O=S(=O)(Cc1ncccn1)c1nnc(-c2ccc(Cl)cc2)o1. The van der Waals surface area contributed by atoms with Crippen molar-refractivity contribution in [3.8, 4) is 11.5 Å². The van der Waals surface area contributed by atoms with E-state index >= 15 is 0 Å². The summed E-state index contributed by atoms with van der Waals surface area (Å²) in [5.74, 6) is -0.145. The van der Waals surface area contributed by atoms with Gasteiger partial charge in [0.2, 0.25) is 15.7 Å². The average molecular weight is 337 g/mol. The Morgan fingerprint density at radius 3 is 2.41 bits per heavy atom. The second-order valence-corrected chi connectivity index (χ2v) is 6.61. The summed E-state index contributed by atoms with van der Waals surface area (Å²) in [6.45, 7) is 0. The first-order chi connectivity index (χ1) is 10.5. The molecular weight excluding hydrogens is 328 g/mol. The molecule has 9 heteroatoms. The number of nitrogens with zero attached hydrogens (tertiary/aromatic N) is 4. The second kappa shape index (κ2) is 5.82. The van der Waals surface area contributed by atoms with Crippen molar-refractivity contribution >= 4 is 21.4 Å². The Kier molecular flexibility index (Phi) is 3.86. The molecule has 0 saturated carbocycles. The molecule has 0 aliphatic rings. The van der Waals surface area contributed by atoms with Gasteiger partial charge in [0.15, 0.2) is 0 Å². The van der Waals surface area contributed by atoms with Crippen molar-refractivity contribution in [3.63, 3.8) is 0 Å². The summed E-state index contributed by atoms with van der Waals surface area (Å²) in [5.41, 5.74) is 0.578. The Hall–Kier alpha value is -2.32. The van der Waals surface area contributed by atoms with Crippen LogP contribution in [0.25, 0.3) is 11.5 Å². The van der Waals surface area contributed by atoms with Crippen LogP contribution in [-0.4, -0.2) is 28.6 Å². The molecule has 3 aromatic rings. The molecule has 0 radical (unpaired) electrons. The fourth-order valence-corrected chi connectivity index (χ4v) is 2.79. The summed E-state index contributed by atoms with van der Waals surface area (Å²) in [7, 11) is -3.80. The van der Waals surface area contributed by atoms with Gasteiger partial charge in [-0.1, -0.05) is 16.7 Å². The standard InChI is InChI=1S/C13H9ClN4O3S/c14-10-4-2-9(3-5-10)12-17-18-13(21-12)22(19,20)8-11-15-6-1-7-16-11/h1-7H,8H2. The predicted octanol–water partition coefficient (Wildman–Crippen LogP) is 2.15. The molecule has 2 heterocycles. The molecule has 0 unspecified atom stereocenters. The molecule has 1 aromatic carbocycles. The van der Waals surface area contributed by atoms with E-state index in [1.165, 1.54) is 12.4 Å². The van der Waals surface area contributed by atoms with Gasteiger partial charge in [-0.3, -0.25) is 0 Å². The first kappa shape index (κ1) is 14.6. The highest BCUT2D eigenvalue weighted by atomic mass is 35.5. The van der Waals surface area contributed by atoms with Crippen molar-refractivity contribution in [1.29, 1.82) is 0 Å². The van der Waals surface area contributed by atoms with Crippen LogP contribution in [0.5, 0.6) is 0 Å². The van der Waals surface area contributed by atoms with Crippen molar-refractivity contribution in [3.05, 3.63) is 53.6 Å². The van der Waals surface area contributed by atoms with Gasteiger partial charge in [0.1, 0.15) is 11.6 Å². The highest BCUT2D eigenvalue weighted by Crippen LogP contribution is 2.22. The van der Waals surface area contributed by atoms with Gasteiger partial charge in [0.25, 0.3) is 0 Å². The Morgan fingerprint density at radius 1 is 1.05 bits per heavy atom. The summed E-state index contributed by atoms with van der Waals surface area (Å²) in [4.78, 5) is 7.74. The van der Waals surface area contributed by atoms with Gasteiger partial charge in [-0.2, -0.15) is 0 Å². The van der Waals surface area contributed by atoms with Gasteiger partial charge in [0.05, 0.1) is 0 Å². The summed E-state index contributed by atoms with van der Waals surface area (Å²) >= 11 is 5.79. The molecule has 0 saturated heterocycles. The maximum atomic E-state index is 12.2. The number of hydrogen-bond acceptors (Lipinski definition) is 7. The highest BCUT2D eigenvalue weighted by Gasteiger charge is 2.24. The molecule has 0 spiro atoms. The third-order valence-electron chi connectivity index (χ3n) is 2.70. The summed E-state index contributed by atoms with van der Waals surface area (Å²) < 4.78 is 29.6. The van der Waals surface area contributed by atoms with Crippen molar-refractivity contribution in [2.45, 2.75) is 11.0 Å². The van der Waals surface area contributed by atoms with Crippen LogP contribution in [0.15, 0.2) is 52.4 Å². The topological polar surface area (TPSA) is 98.8 Å². The van der Waals surface area contributed by atoms with Crippen LogP contribution in [0.4, 0.5) is 0 Å². The maximum Gasteiger partial charge on any atom is 0.336 e. The van der Waals surface area contributed by atoms with Crippen LogP contribution >= 0.6 is 11.6 Å². The maximum absolute atomic E-state index is 12.2. The average Bonchev–Trinajstić information content (AvgIpc) is 2.99. The number of halogens is 1. The molecule has 112 valence electrons. The summed E-state index contributed by atoms with van der Waals surface area (Å²) in [6.07, 6.45) is 2.93. The lowest BCUT2D eigenvalue weighted by Crippen LogP contribution is -2.08. The van der Waals surface area contributed by atoms with Gasteiger partial charge in [-0.25, -0.2) is 18.4 Å². The lowest BCUT2D eigenvalue weighted by atomic mass is 10.2. The van der Waals surface area contributed by atoms with E-state index in [0.29, 0.717) is 10.6 Å². The number of sulfone groups is 1. The number of hydrogen-bond donors (Lipinski definition) is 0. The Morgan fingerprint density at radius 2 is 1.73 bits per heavy atom. The van der Waals surface area contributed by atoms with Crippen LogP contribution < -0.4 is 0 Å². The molecule has 3 rings (SSSR count). The molecule has 0 aliphatic carbocycles. The lowest BCUT2D eigenvalue weighted by Gasteiger charge is -1.98. The van der Waals surface area contributed by atoms with Gasteiger partial charge in [-0.05, 0) is 30.3 Å². The van der Waals surface area contributed by atoms with E-state index in [1.807, 2.05) is 0 Å². The predicted molar refractivity (Wildman–Crippen MR) is 77.7 cm³/mol. The van der Waals surface area contributed by atoms with E-state index in [-0.39, 0.29) is 11.7 Å². The third-order valence-corrected chi connectivity index (χ3v) is 4.29. The van der Waals surface area contributed by atoms with Gasteiger partial charge >= 0.3 is 5.22 Å². The molecule has 0 fully saturated rings. The van der Waals surface area contributed by atoms with Gasteiger partial charge in [0, 0.05) is 23.0 Å². The minimum atomic E-state index is -3.80. The van der Waals surface area contributed by atoms with E-state index in [9.17, 15) is 8.42 Å². The highest BCUT2D eigenvalue weighted by molar-refractivity contribution is 7.90. The van der Waals surface area contributed by atoms with Crippen LogP contribution in [0.1, 0.15) is 5.82 Å². The van der Waals surface area contributed by atoms with Crippen molar-refractivity contribution < 1.29 is 12.8 Å². The molecule has 7 nitrogen and oxygen atoms in total. The summed E-state index contributed by atoms with van der Waals surface area (Å²) in [6, 6.07) is 8.21. The zero-order valence-electron chi connectivity index (χ0n) is 11.0. The van der Waals surface area contributed by atoms with E-state index in [4.69, 9.17) is 16.0 Å². The van der Waals surface area contributed by atoms with Crippen molar-refractivity contribution in [2.24, 2.45) is 0 Å². The smallest absolute Gasteiger partial charge is 0.336 e. The molecule has 22 heavy (non-hydrogen) atoms. The van der Waals surface area contributed by atoms with Crippen LogP contribution in [0.2, 0.25) is 5.02 Å². The molecule has 2 aromatic heterocycles. The largest absolute Gasteiger partial charge is 0.408 e. The van der Waals surface area contributed by atoms with E-state index in [1.54, 1.807) is 30.3 Å². The van der Waals surface area contributed by atoms with Crippen molar-refractivity contribution in [2.75, 3.05) is 0 Å². The molecule has 0 amide bonds. The van der Waals surface area contributed by atoms with Crippen molar-refractivity contribution in [1.82, 2.24) is 20.2 Å². The zero-order chi connectivity index (χ0) is 15.6. The van der Waals surface area contributed by atoms with Gasteiger partial charge < -0.3 is 4.42 Å². The number of rotatable bonds is 4. The molecule has 0 aliphatic heterocycles. The Labute approximate surface area is 130 Å². The van der Waals surface area contributed by atoms with Gasteiger partial charge in [-0.15, -0.1) is 5.10 Å². The van der Waals surface area contributed by atoms with E-state index in [2.05, 4.69) is 20.2 Å². The number of aromatic nitrogens is 4. The molecule has 0 N–H and O–H groups in total. The fourth-order valence-electron chi connectivity index (χ4n) is 1.68. The second-order valence-electron chi connectivity index (χ2n) is 4.30. The zero-order valence-corrected chi connectivity index (χ0v) is 12.6. The van der Waals surface area contributed by atoms with Crippen LogP contribution in [0, 0.1) is 0 Å². The van der Waals surface area contributed by atoms with E-state index in [0.717, 1.165) is 0 Å². The third kappa shape index (κ3) is 3.12. The molecule has 0 atom stereocenters. The van der Waals surface area contributed by atoms with Crippen LogP contribution in [0.3, 0.4) is 0 Å². The Bertz CT molecular complexity index is 879. The minimum absolute atomic E-state index is 0.101. The Balaban J connectivity index is 1.88. The molecular formula is C13H9ClN4O3S.